The highest BCUT2D eigenvalue weighted by Gasteiger charge is 2.36. The number of hydrogen-bond acceptors (Lipinski definition) is 7. The lowest BCUT2D eigenvalue weighted by Gasteiger charge is -2.38. The number of hydrogen-bond donors (Lipinski definition) is 3. The van der Waals surface area contributed by atoms with Gasteiger partial charge in [0.1, 0.15) is 10.3 Å². The van der Waals surface area contributed by atoms with E-state index in [2.05, 4.69) is 10.6 Å². The van der Waals surface area contributed by atoms with Gasteiger partial charge in [0.2, 0.25) is 0 Å². The van der Waals surface area contributed by atoms with Gasteiger partial charge < -0.3 is 25.4 Å². The number of urea groups is 1. The number of para-hydroxylation sites is 1. The van der Waals surface area contributed by atoms with E-state index < -0.39 is 22.2 Å². The number of nitrogens with one attached hydrogen (secondary N) is 2. The van der Waals surface area contributed by atoms with E-state index in [1.165, 1.54) is 17.8 Å². The summed E-state index contributed by atoms with van der Waals surface area (Å²) in [5, 5.41) is 17.5. The van der Waals surface area contributed by atoms with Crippen LogP contribution in [0.4, 0.5) is 10.5 Å². The quantitative estimate of drug-likeness (QED) is 0.438. The molecule has 1 aliphatic carbocycles. The summed E-state index contributed by atoms with van der Waals surface area (Å²) >= 11 is 1.14. The summed E-state index contributed by atoms with van der Waals surface area (Å²) in [5.74, 6) is -0.427. The molecule has 39 heavy (non-hydrogen) atoms. The van der Waals surface area contributed by atoms with Crippen LogP contribution in [0.1, 0.15) is 56.3 Å². The molecule has 12 heteroatoms. The highest BCUT2D eigenvalue weighted by atomic mass is 32.2. The molecule has 1 fully saturated rings. The summed E-state index contributed by atoms with van der Waals surface area (Å²) in [6.45, 7) is 3.70. The zero-order valence-corrected chi connectivity index (χ0v) is 24.3. The topological polar surface area (TPSA) is 128 Å². The molecule has 4 rings (SSSR count). The van der Waals surface area contributed by atoms with Crippen molar-refractivity contribution in [3.8, 4) is 5.75 Å². The molecule has 0 saturated heterocycles. The number of ether oxygens (including phenoxy) is 1. The number of fused-ring (bicyclic) bond motifs is 1. The number of carbonyl (C=O) groups is 2. The minimum atomic E-state index is -3.74. The molecule has 3 atom stereocenters. The molecule has 0 bridgehead atoms. The van der Waals surface area contributed by atoms with E-state index >= 15 is 0 Å². The van der Waals surface area contributed by atoms with Crippen LogP contribution in [-0.2, 0) is 10.0 Å². The SMILES string of the molecule is C[C@@H]1CN([C@@H](C)CO)C(=O)c2cccc(NC(=O)NC3CCCCC3)c2O[C@@H]1CN(C)S(=O)(=O)c1cccs1. The maximum atomic E-state index is 13.6. The lowest BCUT2D eigenvalue weighted by atomic mass is 9.96. The number of carbonyl (C=O) groups excluding carboxylic acids is 2. The fraction of sp³-hybridized carbons (Fsp3) is 0.556. The number of anilines is 1. The fourth-order valence-corrected chi connectivity index (χ4v) is 7.45. The van der Waals surface area contributed by atoms with Crippen LogP contribution in [0.3, 0.4) is 0 Å². The summed E-state index contributed by atoms with van der Waals surface area (Å²) in [6, 6.07) is 7.46. The number of nitrogens with zero attached hydrogens (tertiary/aromatic N) is 2. The zero-order chi connectivity index (χ0) is 28.2. The van der Waals surface area contributed by atoms with E-state index in [9.17, 15) is 23.1 Å². The summed E-state index contributed by atoms with van der Waals surface area (Å²) in [6.07, 6.45) is 4.52. The van der Waals surface area contributed by atoms with Gasteiger partial charge in [-0.3, -0.25) is 4.79 Å². The number of likely N-dealkylation sites (N-methyl/N-ethyl adjacent to an activating group) is 1. The first-order valence-corrected chi connectivity index (χ1v) is 15.7. The highest BCUT2D eigenvalue weighted by Crippen LogP contribution is 2.35. The van der Waals surface area contributed by atoms with E-state index in [1.54, 1.807) is 47.5 Å². The third-order valence-corrected chi connectivity index (χ3v) is 10.7. The summed E-state index contributed by atoms with van der Waals surface area (Å²) < 4.78 is 34.2. The van der Waals surface area contributed by atoms with Gasteiger partial charge >= 0.3 is 6.03 Å². The molecule has 0 spiro atoms. The number of rotatable bonds is 8. The Kier molecular flexibility index (Phi) is 9.52. The summed E-state index contributed by atoms with van der Waals surface area (Å²) in [4.78, 5) is 28.1. The number of aliphatic hydroxyl groups excluding tert-OH is 1. The van der Waals surface area contributed by atoms with E-state index in [0.717, 1.165) is 37.0 Å². The van der Waals surface area contributed by atoms with Gasteiger partial charge in [0.15, 0.2) is 5.75 Å². The van der Waals surface area contributed by atoms with Crippen molar-refractivity contribution < 1.29 is 27.9 Å². The molecule has 0 radical (unpaired) electrons. The first kappa shape index (κ1) is 29.3. The number of benzene rings is 1. The molecule has 2 heterocycles. The summed E-state index contributed by atoms with van der Waals surface area (Å²) in [7, 11) is -2.23. The Morgan fingerprint density at radius 1 is 1.23 bits per heavy atom. The third-order valence-electron chi connectivity index (χ3n) is 7.48. The predicted octanol–water partition coefficient (Wildman–Crippen LogP) is 3.74. The maximum absolute atomic E-state index is 13.6. The van der Waals surface area contributed by atoms with E-state index in [1.807, 2.05) is 6.92 Å². The molecular weight excluding hydrogens is 540 g/mol. The molecule has 1 saturated carbocycles. The maximum Gasteiger partial charge on any atom is 0.319 e. The van der Waals surface area contributed by atoms with Crippen LogP contribution in [0.15, 0.2) is 39.9 Å². The monoisotopic (exact) mass is 578 g/mol. The Hall–Kier alpha value is -2.67. The summed E-state index contributed by atoms with van der Waals surface area (Å²) in [5.41, 5.74) is 0.570. The van der Waals surface area contributed by atoms with E-state index in [4.69, 9.17) is 4.74 Å². The van der Waals surface area contributed by atoms with Crippen molar-refractivity contribution in [3.63, 3.8) is 0 Å². The van der Waals surface area contributed by atoms with Gasteiger partial charge in [0.25, 0.3) is 15.9 Å². The fourth-order valence-electron chi connectivity index (χ4n) is 5.07. The lowest BCUT2D eigenvalue weighted by molar-refractivity contribution is 0.0389. The first-order chi connectivity index (χ1) is 18.6. The van der Waals surface area contributed by atoms with Crippen molar-refractivity contribution in [1.82, 2.24) is 14.5 Å². The molecule has 1 aliphatic heterocycles. The number of aliphatic hydroxyl groups is 1. The molecule has 1 aromatic heterocycles. The van der Waals surface area contributed by atoms with Crippen molar-refractivity contribution in [1.29, 1.82) is 0 Å². The standard InChI is InChI=1S/C27H38N4O6S2/c1-18-15-31(19(2)17-32)26(33)21-11-7-12-22(29-27(34)28-20-9-5-4-6-10-20)25(21)37-23(18)16-30(3)39(35,36)24-13-8-14-38-24/h7-8,11-14,18-20,23,32H,4-6,9-10,15-17H2,1-3H3,(H2,28,29,34)/t18-,19+,23-/m1/s1. The van der Waals surface area contributed by atoms with Crippen molar-refractivity contribution in [2.24, 2.45) is 5.92 Å². The Bertz CT molecular complexity index is 1250. The van der Waals surface area contributed by atoms with Gasteiger partial charge in [-0.25, -0.2) is 13.2 Å². The van der Waals surface area contributed by atoms with Gasteiger partial charge in [-0.05, 0) is 43.3 Å². The second-order valence-corrected chi connectivity index (χ2v) is 13.7. The molecular formula is C27H38N4O6S2. The molecule has 1 aromatic carbocycles. The first-order valence-electron chi connectivity index (χ1n) is 13.4. The van der Waals surface area contributed by atoms with Gasteiger partial charge in [-0.15, -0.1) is 11.3 Å². The van der Waals surface area contributed by atoms with Crippen LogP contribution in [0.2, 0.25) is 0 Å². The van der Waals surface area contributed by atoms with Crippen LogP contribution in [0.5, 0.6) is 5.75 Å². The minimum absolute atomic E-state index is 0.0268. The molecule has 3 amide bonds. The van der Waals surface area contributed by atoms with Crippen LogP contribution in [0.25, 0.3) is 0 Å². The molecule has 214 valence electrons. The second-order valence-electron chi connectivity index (χ2n) is 10.5. The predicted molar refractivity (Wildman–Crippen MR) is 151 cm³/mol. The lowest BCUT2D eigenvalue weighted by Crippen LogP contribution is -2.50. The largest absolute Gasteiger partial charge is 0.486 e. The van der Waals surface area contributed by atoms with Gasteiger partial charge in [0.05, 0.1) is 30.4 Å². The molecule has 3 N–H and O–H groups in total. The van der Waals surface area contributed by atoms with Crippen LogP contribution in [0, 0.1) is 5.92 Å². The number of sulfonamides is 1. The van der Waals surface area contributed by atoms with Crippen LogP contribution in [-0.4, -0.2) is 79.6 Å². The van der Waals surface area contributed by atoms with Crippen molar-refractivity contribution in [2.75, 3.05) is 32.1 Å². The molecule has 10 nitrogen and oxygen atoms in total. The average Bonchev–Trinajstić information content (AvgIpc) is 3.47. The highest BCUT2D eigenvalue weighted by molar-refractivity contribution is 7.91. The van der Waals surface area contributed by atoms with Crippen molar-refractivity contribution >= 4 is 39.0 Å². The van der Waals surface area contributed by atoms with Crippen LogP contribution < -0.4 is 15.4 Å². The molecule has 0 unspecified atom stereocenters. The Morgan fingerprint density at radius 2 is 1.97 bits per heavy atom. The van der Waals surface area contributed by atoms with E-state index in [0.29, 0.717) is 5.69 Å². The van der Waals surface area contributed by atoms with Crippen LogP contribution >= 0.6 is 11.3 Å². The number of amides is 3. The van der Waals surface area contributed by atoms with Crippen molar-refractivity contribution in [2.45, 2.75) is 68.3 Å². The minimum Gasteiger partial charge on any atom is -0.486 e. The smallest absolute Gasteiger partial charge is 0.319 e. The van der Waals surface area contributed by atoms with Gasteiger partial charge in [0, 0.05) is 25.6 Å². The Balaban J connectivity index is 1.65. The third kappa shape index (κ3) is 6.74. The van der Waals surface area contributed by atoms with Gasteiger partial charge in [-0.2, -0.15) is 4.31 Å². The zero-order valence-electron chi connectivity index (χ0n) is 22.6. The second kappa shape index (κ2) is 12.7. The Morgan fingerprint density at radius 3 is 2.64 bits per heavy atom. The average molecular weight is 579 g/mol. The van der Waals surface area contributed by atoms with E-state index in [-0.39, 0.29) is 59.1 Å². The molecule has 2 aromatic rings. The van der Waals surface area contributed by atoms with Crippen molar-refractivity contribution in [3.05, 3.63) is 41.3 Å². The van der Waals surface area contributed by atoms with Gasteiger partial charge in [-0.1, -0.05) is 38.3 Å². The normalized spacial score (nSPS) is 21.5. The number of thiophene rings is 1. The molecule has 2 aliphatic rings. The Labute approximate surface area is 234 Å².